The van der Waals surface area contributed by atoms with Gasteiger partial charge < -0.3 is 19.9 Å². The number of Topliss-reactive ketones (excluding diaryl/α,β-unsaturated/α-hetero) is 1. The van der Waals surface area contributed by atoms with Crippen LogP contribution in [0, 0.1) is 0 Å². The molecule has 1 aliphatic carbocycles. The van der Waals surface area contributed by atoms with Crippen LogP contribution in [0.4, 0.5) is 0 Å². The smallest absolute Gasteiger partial charge is 0.248 e. The van der Waals surface area contributed by atoms with Crippen molar-refractivity contribution >= 4 is 17.6 Å². The molecular weight excluding hydrogens is 406 g/mol. The minimum Gasteiger partial charge on any atom is -0.391 e. The standard InChI is InChI=1S/C24H35N3O4.CH4/c1-18(28)26(3)14-7-15-31-17-23(29)27(4)16-19-10-12-20(13-11-19)24(30)21-8-5-6-9-22(21)25-2;/h10-13,25H,5-9,14-17H2,1-4H3;1H4. The first-order chi connectivity index (χ1) is 14.8. The average molecular weight is 446 g/mol. The van der Waals surface area contributed by atoms with Crippen molar-refractivity contribution in [1.29, 1.82) is 0 Å². The van der Waals surface area contributed by atoms with Gasteiger partial charge in [0.2, 0.25) is 11.8 Å². The third-order valence-corrected chi connectivity index (χ3v) is 5.65. The molecule has 0 radical (unpaired) electrons. The lowest BCUT2D eigenvalue weighted by Crippen LogP contribution is -2.30. The number of carbonyl (C=O) groups is 3. The Hall–Kier alpha value is -2.67. The monoisotopic (exact) mass is 445 g/mol. The Balaban J connectivity index is 0.00000512. The van der Waals surface area contributed by atoms with Crippen LogP contribution in [0.15, 0.2) is 35.5 Å². The molecule has 0 spiro atoms. The fourth-order valence-corrected chi connectivity index (χ4v) is 3.56. The quantitative estimate of drug-likeness (QED) is 0.417. The van der Waals surface area contributed by atoms with Crippen molar-refractivity contribution in [3.63, 3.8) is 0 Å². The number of nitrogens with one attached hydrogen (secondary N) is 1. The van der Waals surface area contributed by atoms with Crippen molar-refractivity contribution in [1.82, 2.24) is 15.1 Å². The second-order valence-electron chi connectivity index (χ2n) is 8.04. The van der Waals surface area contributed by atoms with Gasteiger partial charge in [-0.3, -0.25) is 14.4 Å². The molecule has 7 nitrogen and oxygen atoms in total. The summed E-state index contributed by atoms with van der Waals surface area (Å²) in [5.74, 6) is -0.00332. The first-order valence-corrected chi connectivity index (χ1v) is 10.9. The van der Waals surface area contributed by atoms with Gasteiger partial charge in [0.15, 0.2) is 5.78 Å². The number of hydrogen-bond donors (Lipinski definition) is 1. The Morgan fingerprint density at radius 2 is 1.69 bits per heavy atom. The zero-order chi connectivity index (χ0) is 22.8. The summed E-state index contributed by atoms with van der Waals surface area (Å²) >= 11 is 0. The lowest BCUT2D eigenvalue weighted by molar-refractivity contribution is -0.135. The van der Waals surface area contributed by atoms with Gasteiger partial charge in [-0.2, -0.15) is 0 Å². The highest BCUT2D eigenvalue weighted by Crippen LogP contribution is 2.26. The largest absolute Gasteiger partial charge is 0.391 e. The molecule has 0 saturated heterocycles. The Kier molecular flexibility index (Phi) is 11.7. The predicted molar refractivity (Wildman–Crippen MR) is 127 cm³/mol. The van der Waals surface area contributed by atoms with Gasteiger partial charge in [-0.15, -0.1) is 0 Å². The van der Waals surface area contributed by atoms with E-state index in [0.29, 0.717) is 31.7 Å². The fourth-order valence-electron chi connectivity index (χ4n) is 3.56. The molecule has 2 amide bonds. The highest BCUT2D eigenvalue weighted by molar-refractivity contribution is 6.09. The van der Waals surface area contributed by atoms with Crippen molar-refractivity contribution in [3.05, 3.63) is 46.7 Å². The molecule has 1 aliphatic rings. The van der Waals surface area contributed by atoms with E-state index < -0.39 is 0 Å². The van der Waals surface area contributed by atoms with Gasteiger partial charge in [-0.05, 0) is 37.7 Å². The number of amides is 2. The van der Waals surface area contributed by atoms with E-state index in [4.69, 9.17) is 4.74 Å². The second-order valence-corrected chi connectivity index (χ2v) is 8.04. The summed E-state index contributed by atoms with van der Waals surface area (Å²) in [5.41, 5.74) is 3.59. The lowest BCUT2D eigenvalue weighted by atomic mass is 9.90. The third kappa shape index (κ3) is 8.11. The number of nitrogens with zero attached hydrogens (tertiary/aromatic N) is 2. The van der Waals surface area contributed by atoms with Gasteiger partial charge in [-0.1, -0.05) is 31.7 Å². The number of rotatable bonds is 11. The van der Waals surface area contributed by atoms with E-state index in [0.717, 1.165) is 42.5 Å². The predicted octanol–water partition coefficient (Wildman–Crippen LogP) is 3.40. The van der Waals surface area contributed by atoms with Crippen LogP contribution in [0.25, 0.3) is 0 Å². The van der Waals surface area contributed by atoms with Gasteiger partial charge in [0.1, 0.15) is 6.61 Å². The highest BCUT2D eigenvalue weighted by atomic mass is 16.5. The topological polar surface area (TPSA) is 79.0 Å². The van der Waals surface area contributed by atoms with Crippen LogP contribution in [-0.4, -0.2) is 68.3 Å². The van der Waals surface area contributed by atoms with Gasteiger partial charge in [-0.25, -0.2) is 0 Å². The number of ketones is 1. The average Bonchev–Trinajstić information content (AvgIpc) is 2.78. The number of likely N-dealkylation sites (N-methyl/N-ethyl adjacent to an activating group) is 1. The molecule has 2 rings (SSSR count). The van der Waals surface area contributed by atoms with Crippen LogP contribution in [0.3, 0.4) is 0 Å². The molecule has 32 heavy (non-hydrogen) atoms. The molecule has 0 aliphatic heterocycles. The van der Waals surface area contributed by atoms with E-state index in [-0.39, 0.29) is 31.6 Å². The molecular formula is C25H39N3O4. The summed E-state index contributed by atoms with van der Waals surface area (Å²) < 4.78 is 5.44. The molecule has 1 N–H and O–H groups in total. The minimum absolute atomic E-state index is 0. The maximum absolute atomic E-state index is 12.9. The second kappa shape index (κ2) is 13.7. The number of ether oxygens (including phenoxy) is 1. The van der Waals surface area contributed by atoms with Gasteiger partial charge in [0, 0.05) is 64.6 Å². The summed E-state index contributed by atoms with van der Waals surface area (Å²) in [5, 5.41) is 3.18. The lowest BCUT2D eigenvalue weighted by Gasteiger charge is -2.20. The number of benzene rings is 1. The summed E-state index contributed by atoms with van der Waals surface area (Å²) in [6, 6.07) is 7.48. The summed E-state index contributed by atoms with van der Waals surface area (Å²) in [7, 11) is 5.35. The molecule has 0 atom stereocenters. The van der Waals surface area contributed by atoms with Crippen LogP contribution in [0.2, 0.25) is 0 Å². The van der Waals surface area contributed by atoms with E-state index in [1.807, 2.05) is 31.3 Å². The molecule has 7 heteroatoms. The number of allylic oxidation sites excluding steroid dienone is 2. The van der Waals surface area contributed by atoms with E-state index >= 15 is 0 Å². The van der Waals surface area contributed by atoms with Crippen molar-refractivity contribution in [2.24, 2.45) is 0 Å². The van der Waals surface area contributed by atoms with E-state index in [1.54, 1.807) is 23.9 Å². The molecule has 1 aromatic carbocycles. The fraction of sp³-hybridized carbons (Fsp3) is 0.560. The van der Waals surface area contributed by atoms with Gasteiger partial charge in [0.05, 0.1) is 0 Å². The van der Waals surface area contributed by atoms with Crippen molar-refractivity contribution < 1.29 is 19.1 Å². The molecule has 1 aromatic rings. The van der Waals surface area contributed by atoms with Crippen molar-refractivity contribution in [2.75, 3.05) is 40.9 Å². The Labute approximate surface area is 192 Å². The van der Waals surface area contributed by atoms with Crippen LogP contribution in [0.1, 0.15) is 62.4 Å². The van der Waals surface area contributed by atoms with E-state index in [2.05, 4.69) is 5.32 Å². The first kappa shape index (κ1) is 27.4. The van der Waals surface area contributed by atoms with Gasteiger partial charge in [0.25, 0.3) is 0 Å². The highest BCUT2D eigenvalue weighted by Gasteiger charge is 2.20. The molecule has 0 saturated carbocycles. The van der Waals surface area contributed by atoms with Crippen molar-refractivity contribution in [2.45, 2.75) is 53.0 Å². The Morgan fingerprint density at radius 3 is 2.31 bits per heavy atom. The Bertz CT molecular complexity index is 802. The number of carbonyl (C=O) groups excluding carboxylic acids is 3. The molecule has 0 heterocycles. The zero-order valence-electron chi connectivity index (χ0n) is 19.2. The van der Waals surface area contributed by atoms with Crippen LogP contribution < -0.4 is 5.32 Å². The molecule has 0 aromatic heterocycles. The normalized spacial score (nSPS) is 13.2. The molecule has 178 valence electrons. The maximum Gasteiger partial charge on any atom is 0.248 e. The maximum atomic E-state index is 12.9. The first-order valence-electron chi connectivity index (χ1n) is 10.9. The van der Waals surface area contributed by atoms with Crippen LogP contribution in [0.5, 0.6) is 0 Å². The molecule has 0 fully saturated rings. The summed E-state index contributed by atoms with van der Waals surface area (Å²) in [6.45, 7) is 3.02. The van der Waals surface area contributed by atoms with E-state index in [1.165, 1.54) is 6.92 Å². The molecule has 0 unspecified atom stereocenters. The van der Waals surface area contributed by atoms with E-state index in [9.17, 15) is 14.4 Å². The summed E-state index contributed by atoms with van der Waals surface area (Å²) in [6.07, 6.45) is 4.60. The Morgan fingerprint density at radius 1 is 1.03 bits per heavy atom. The molecule has 0 bridgehead atoms. The van der Waals surface area contributed by atoms with Gasteiger partial charge >= 0.3 is 0 Å². The van der Waals surface area contributed by atoms with Crippen LogP contribution >= 0.6 is 0 Å². The van der Waals surface area contributed by atoms with Crippen LogP contribution in [-0.2, 0) is 20.9 Å². The minimum atomic E-state index is -0.105. The third-order valence-electron chi connectivity index (χ3n) is 5.65. The SMILES string of the molecule is C.CNC1=C(C(=O)c2ccc(CN(C)C(=O)COCCCN(C)C(C)=O)cc2)CCCC1. The summed E-state index contributed by atoms with van der Waals surface area (Å²) in [4.78, 5) is 39.5. The van der Waals surface area contributed by atoms with Crippen molar-refractivity contribution in [3.8, 4) is 0 Å². The number of hydrogen-bond acceptors (Lipinski definition) is 5. The zero-order valence-corrected chi connectivity index (χ0v) is 19.2.